The van der Waals surface area contributed by atoms with E-state index in [1.165, 1.54) is 31.1 Å². The molecule has 2 rings (SSSR count). The highest BCUT2D eigenvalue weighted by Crippen LogP contribution is 2.33. The van der Waals surface area contributed by atoms with Crippen molar-refractivity contribution in [3.63, 3.8) is 0 Å². The van der Waals surface area contributed by atoms with Crippen molar-refractivity contribution in [1.29, 1.82) is 0 Å². The first-order valence-electron chi connectivity index (χ1n) is 11.5. The van der Waals surface area contributed by atoms with Crippen molar-refractivity contribution >= 4 is 35.0 Å². The predicted molar refractivity (Wildman–Crippen MR) is 147 cm³/mol. The van der Waals surface area contributed by atoms with Crippen LogP contribution in [-0.2, 0) is 4.74 Å². The van der Waals surface area contributed by atoms with Gasteiger partial charge in [0.15, 0.2) is 0 Å². The Bertz CT molecular complexity index is 1250. The van der Waals surface area contributed by atoms with E-state index in [0.29, 0.717) is 22.5 Å². The number of carbonyl (C=O) groups is 2. The van der Waals surface area contributed by atoms with E-state index >= 15 is 4.39 Å². The molecule has 0 saturated heterocycles. The molecule has 0 aliphatic heterocycles. The van der Waals surface area contributed by atoms with Crippen LogP contribution in [0.5, 0.6) is 5.75 Å². The Labute approximate surface area is 217 Å². The third-order valence-corrected chi connectivity index (χ3v) is 5.19. The molecule has 0 spiro atoms. The summed E-state index contributed by atoms with van der Waals surface area (Å²) in [6.45, 7) is 5.94. The lowest BCUT2D eigenvalue weighted by Gasteiger charge is -2.18. The molecule has 0 aliphatic rings. The fourth-order valence-corrected chi connectivity index (χ4v) is 3.53. The van der Waals surface area contributed by atoms with Crippen LogP contribution >= 0.6 is 0 Å². The van der Waals surface area contributed by atoms with Crippen LogP contribution in [0.1, 0.15) is 28.4 Å². The molecule has 0 saturated carbocycles. The molecule has 2 N–H and O–H groups in total. The number of para-hydroxylation sites is 1. The molecule has 0 aliphatic carbocycles. The van der Waals surface area contributed by atoms with Gasteiger partial charge in [-0.1, -0.05) is 24.8 Å². The number of anilines is 1. The number of hydrogen-bond acceptors (Lipinski definition) is 6. The number of allylic oxidation sites excluding steroid dienone is 4. The zero-order chi connectivity index (χ0) is 27.5. The number of amides is 2. The van der Waals surface area contributed by atoms with Gasteiger partial charge in [-0.25, -0.2) is 9.18 Å². The second kappa shape index (κ2) is 13.6. The molecule has 196 valence electrons. The summed E-state index contributed by atoms with van der Waals surface area (Å²) >= 11 is 0. The number of nitrogens with zero attached hydrogens (tertiary/aromatic N) is 2. The lowest BCUT2D eigenvalue weighted by atomic mass is 9.94. The van der Waals surface area contributed by atoms with Gasteiger partial charge in [0.1, 0.15) is 11.6 Å². The number of ether oxygens (including phenoxy) is 2. The van der Waals surface area contributed by atoms with Gasteiger partial charge in [0.05, 0.1) is 25.0 Å². The smallest absolute Gasteiger partial charge is 0.411 e. The summed E-state index contributed by atoms with van der Waals surface area (Å²) in [5.74, 6) is -0.639. The van der Waals surface area contributed by atoms with E-state index < -0.39 is 17.8 Å². The zero-order valence-corrected chi connectivity index (χ0v) is 22.0. The Morgan fingerprint density at radius 1 is 1.19 bits per heavy atom. The van der Waals surface area contributed by atoms with Gasteiger partial charge in [0.25, 0.3) is 5.91 Å². The van der Waals surface area contributed by atoms with Crippen molar-refractivity contribution in [3.05, 3.63) is 83.3 Å². The number of methoxy groups -OCH3 is 1. The molecule has 8 nitrogen and oxygen atoms in total. The van der Waals surface area contributed by atoms with Crippen LogP contribution in [0.25, 0.3) is 11.1 Å². The van der Waals surface area contributed by atoms with E-state index in [-0.39, 0.29) is 17.9 Å². The van der Waals surface area contributed by atoms with Gasteiger partial charge in [-0.3, -0.25) is 15.1 Å². The van der Waals surface area contributed by atoms with E-state index in [0.717, 1.165) is 11.1 Å². The van der Waals surface area contributed by atoms with Crippen LogP contribution < -0.4 is 15.4 Å². The van der Waals surface area contributed by atoms with Gasteiger partial charge in [-0.05, 0) is 42.3 Å². The number of rotatable bonds is 10. The van der Waals surface area contributed by atoms with Gasteiger partial charge in [0, 0.05) is 57.3 Å². The topological polar surface area (TPSA) is 92.3 Å². The predicted octanol–water partition coefficient (Wildman–Crippen LogP) is 5.01. The zero-order valence-electron chi connectivity index (χ0n) is 22.0. The number of halogens is 1. The third-order valence-electron chi connectivity index (χ3n) is 5.19. The maximum atomic E-state index is 15.3. The van der Waals surface area contributed by atoms with Gasteiger partial charge < -0.3 is 19.7 Å². The minimum Gasteiger partial charge on any atom is -0.496 e. The number of benzene rings is 2. The molecule has 9 heteroatoms. The summed E-state index contributed by atoms with van der Waals surface area (Å²) in [6, 6.07) is 10.2. The Morgan fingerprint density at radius 2 is 1.89 bits per heavy atom. The highest BCUT2D eigenvalue weighted by molar-refractivity contribution is 6.13. The maximum Gasteiger partial charge on any atom is 0.411 e. The van der Waals surface area contributed by atoms with Gasteiger partial charge >= 0.3 is 6.09 Å². The molecule has 37 heavy (non-hydrogen) atoms. The monoisotopic (exact) mass is 508 g/mol. The summed E-state index contributed by atoms with van der Waals surface area (Å²) in [4.78, 5) is 30.3. The van der Waals surface area contributed by atoms with E-state index in [4.69, 9.17) is 9.47 Å². The normalized spacial score (nSPS) is 11.8. The first-order valence-corrected chi connectivity index (χ1v) is 11.5. The second-order valence-corrected chi connectivity index (χ2v) is 7.98. The van der Waals surface area contributed by atoms with Crippen LogP contribution in [0.4, 0.5) is 14.9 Å². The largest absolute Gasteiger partial charge is 0.496 e. The average Bonchev–Trinajstić information content (AvgIpc) is 2.87. The van der Waals surface area contributed by atoms with Crippen molar-refractivity contribution < 1.29 is 23.5 Å². The molecule has 0 fully saturated rings. The quantitative estimate of drug-likeness (QED) is 0.348. The molecule has 0 unspecified atom stereocenters. The summed E-state index contributed by atoms with van der Waals surface area (Å²) in [5.41, 5.74) is 2.70. The maximum absolute atomic E-state index is 15.3. The number of hydrogen-bond donors (Lipinski definition) is 2. The van der Waals surface area contributed by atoms with Crippen LogP contribution in [0.2, 0.25) is 0 Å². The molecule has 0 radical (unpaired) electrons. The molecule has 0 bridgehead atoms. The number of carbonyl (C=O) groups excluding carboxylic acids is 2. The third kappa shape index (κ3) is 7.30. The van der Waals surface area contributed by atoms with Crippen LogP contribution in [0.3, 0.4) is 0 Å². The van der Waals surface area contributed by atoms with E-state index in [2.05, 4.69) is 22.2 Å². The summed E-state index contributed by atoms with van der Waals surface area (Å²) < 4.78 is 25.7. The molecular weight excluding hydrogens is 475 g/mol. The van der Waals surface area contributed by atoms with E-state index in [1.807, 2.05) is 24.3 Å². The number of nitrogens with one attached hydrogen (secondary N) is 2. The van der Waals surface area contributed by atoms with Crippen molar-refractivity contribution in [2.45, 2.75) is 6.92 Å². The summed E-state index contributed by atoms with van der Waals surface area (Å²) in [6.07, 6.45) is 4.20. The highest BCUT2D eigenvalue weighted by Gasteiger charge is 2.22. The highest BCUT2D eigenvalue weighted by atomic mass is 19.1. The van der Waals surface area contributed by atoms with Crippen molar-refractivity contribution in [2.75, 3.05) is 47.2 Å². The van der Waals surface area contributed by atoms with E-state index in [1.54, 1.807) is 46.6 Å². The Kier molecular flexibility index (Phi) is 10.6. The number of aliphatic imine (C=N–C) groups is 1. The van der Waals surface area contributed by atoms with Crippen LogP contribution in [0, 0.1) is 5.82 Å². The summed E-state index contributed by atoms with van der Waals surface area (Å²) in [5, 5.41) is 5.36. The average molecular weight is 509 g/mol. The molecule has 2 amide bonds. The molecule has 0 heterocycles. The van der Waals surface area contributed by atoms with E-state index in [9.17, 15) is 9.59 Å². The molecule has 0 aromatic heterocycles. The van der Waals surface area contributed by atoms with Gasteiger partial charge in [0.2, 0.25) is 0 Å². The molecular formula is C28H33FN4O4. The first kappa shape index (κ1) is 28.8. The van der Waals surface area contributed by atoms with Crippen molar-refractivity contribution in [2.24, 2.45) is 4.99 Å². The second-order valence-electron chi connectivity index (χ2n) is 7.98. The van der Waals surface area contributed by atoms with Crippen LogP contribution in [-0.4, -0.2) is 65.0 Å². The Morgan fingerprint density at radius 3 is 2.49 bits per heavy atom. The molecule has 2 aromatic carbocycles. The lowest BCUT2D eigenvalue weighted by molar-refractivity contribution is 0.0828. The first-order chi connectivity index (χ1) is 17.7. The van der Waals surface area contributed by atoms with Gasteiger partial charge in [-0.15, -0.1) is 0 Å². The fraction of sp³-hybridized carbons (Fsp3) is 0.250. The minimum atomic E-state index is -0.861. The lowest BCUT2D eigenvalue weighted by Crippen LogP contribution is -2.25. The van der Waals surface area contributed by atoms with Crippen molar-refractivity contribution in [3.8, 4) is 5.75 Å². The SMILES string of the molecule is C=C(/C=C(\C=NC)c1cc(F)c(NC(=O)OCC)c(C(=O)N(C)C)c1)/C(=C\NC)c1ccccc1OC. The Hall–Kier alpha value is -4.40. The fourth-order valence-electron chi connectivity index (χ4n) is 3.53. The molecule has 2 aromatic rings. The standard InChI is InChI=1S/C28H33FN4O4/c1-8-37-28(35)32-26-22(27(34)33(5)6)14-19(15-24(26)29)20(16-30-3)13-18(2)23(17-31-4)21-11-9-10-12-25(21)36-7/h9-17,31H,2,8H2,1,3-7H3,(H,32,35)/b20-13+,23-17+,30-16?. The minimum absolute atomic E-state index is 0.0372. The molecule has 0 atom stereocenters. The van der Waals surface area contributed by atoms with Crippen molar-refractivity contribution in [1.82, 2.24) is 10.2 Å². The van der Waals surface area contributed by atoms with Crippen LogP contribution in [0.15, 0.2) is 65.8 Å². The van der Waals surface area contributed by atoms with Gasteiger partial charge in [-0.2, -0.15) is 0 Å². The Balaban J connectivity index is 2.68. The summed E-state index contributed by atoms with van der Waals surface area (Å²) in [7, 11) is 8.01.